The second-order valence-corrected chi connectivity index (χ2v) is 5.20. The number of nitrogens with two attached hydrogens (primary N) is 1. The van der Waals surface area contributed by atoms with Crippen molar-refractivity contribution in [2.45, 2.75) is 13.5 Å². The van der Waals surface area contributed by atoms with Gasteiger partial charge < -0.3 is 15.0 Å². The van der Waals surface area contributed by atoms with Crippen LogP contribution in [0.15, 0.2) is 41.2 Å². The van der Waals surface area contributed by atoms with Crippen molar-refractivity contribution >= 4 is 18.1 Å². The molecule has 0 aliphatic carbocycles. The molecule has 128 valence electrons. The average molecular weight is 339 g/mol. The van der Waals surface area contributed by atoms with Crippen LogP contribution < -0.4 is 10.5 Å². The van der Waals surface area contributed by atoms with E-state index in [1.54, 1.807) is 36.5 Å². The molecule has 3 rings (SSSR count). The standard InChI is InChI=1S/C17H17N5O3/c1-2-22-10-12(9-19-22)3-8-16-20-17(21-25-16)13-4-6-14(7-5-13)24-11-15(18)23/h3-10H,2,11H2,1H3,(H2,18,23)/b8-3+. The van der Waals surface area contributed by atoms with E-state index < -0.39 is 5.91 Å². The van der Waals surface area contributed by atoms with Gasteiger partial charge in [0.05, 0.1) is 6.20 Å². The summed E-state index contributed by atoms with van der Waals surface area (Å²) in [6.45, 7) is 2.68. The van der Waals surface area contributed by atoms with Crippen LogP contribution in [-0.2, 0) is 11.3 Å². The number of benzene rings is 1. The SMILES string of the molecule is CCn1cc(/C=C/c2nc(-c3ccc(OCC(N)=O)cc3)no2)cn1. The third-order valence-electron chi connectivity index (χ3n) is 3.33. The molecule has 0 aliphatic rings. The highest BCUT2D eigenvalue weighted by molar-refractivity contribution is 5.75. The highest BCUT2D eigenvalue weighted by Crippen LogP contribution is 2.20. The van der Waals surface area contributed by atoms with Gasteiger partial charge in [0.15, 0.2) is 6.61 Å². The van der Waals surface area contributed by atoms with Gasteiger partial charge in [0.2, 0.25) is 5.82 Å². The fourth-order valence-corrected chi connectivity index (χ4v) is 2.08. The number of rotatable bonds is 7. The van der Waals surface area contributed by atoms with Gasteiger partial charge in [-0.25, -0.2) is 0 Å². The molecule has 3 aromatic rings. The molecule has 0 radical (unpaired) electrons. The molecule has 25 heavy (non-hydrogen) atoms. The number of nitrogens with zero attached hydrogens (tertiary/aromatic N) is 4. The summed E-state index contributed by atoms with van der Waals surface area (Å²) in [6.07, 6.45) is 7.29. The first-order valence-corrected chi connectivity index (χ1v) is 7.70. The molecule has 2 heterocycles. The number of amides is 1. The molecule has 0 aliphatic heterocycles. The maximum Gasteiger partial charge on any atom is 0.255 e. The van der Waals surface area contributed by atoms with Crippen molar-refractivity contribution < 1.29 is 14.1 Å². The summed E-state index contributed by atoms with van der Waals surface area (Å²) in [5.41, 5.74) is 6.76. The number of carbonyl (C=O) groups excluding carboxylic acids is 1. The van der Waals surface area contributed by atoms with E-state index in [9.17, 15) is 4.79 Å². The van der Waals surface area contributed by atoms with Crippen molar-refractivity contribution in [1.82, 2.24) is 19.9 Å². The lowest BCUT2D eigenvalue weighted by Crippen LogP contribution is -2.19. The van der Waals surface area contributed by atoms with E-state index in [2.05, 4.69) is 15.2 Å². The maximum atomic E-state index is 10.7. The molecule has 1 amide bonds. The van der Waals surface area contributed by atoms with Crippen molar-refractivity contribution in [3.05, 3.63) is 48.1 Å². The van der Waals surface area contributed by atoms with Crippen LogP contribution in [0.3, 0.4) is 0 Å². The Morgan fingerprint density at radius 1 is 1.32 bits per heavy atom. The van der Waals surface area contributed by atoms with Gasteiger partial charge in [-0.05, 0) is 37.3 Å². The van der Waals surface area contributed by atoms with Crippen LogP contribution in [-0.4, -0.2) is 32.4 Å². The van der Waals surface area contributed by atoms with Crippen LogP contribution in [0.25, 0.3) is 23.5 Å². The van der Waals surface area contributed by atoms with Crippen LogP contribution in [0.2, 0.25) is 0 Å². The van der Waals surface area contributed by atoms with Gasteiger partial charge in [-0.1, -0.05) is 5.16 Å². The molecule has 0 unspecified atom stereocenters. The third-order valence-corrected chi connectivity index (χ3v) is 3.33. The minimum absolute atomic E-state index is 0.162. The quantitative estimate of drug-likeness (QED) is 0.705. The summed E-state index contributed by atoms with van der Waals surface area (Å²) < 4.78 is 12.3. The molecule has 0 bridgehead atoms. The number of ether oxygens (including phenoxy) is 1. The Bertz CT molecular complexity index is 880. The summed E-state index contributed by atoms with van der Waals surface area (Å²) >= 11 is 0. The van der Waals surface area contributed by atoms with E-state index >= 15 is 0 Å². The molecule has 0 saturated heterocycles. The zero-order valence-electron chi connectivity index (χ0n) is 13.6. The molecule has 0 fully saturated rings. The number of aryl methyl sites for hydroxylation is 1. The monoisotopic (exact) mass is 339 g/mol. The lowest BCUT2D eigenvalue weighted by atomic mass is 10.2. The summed E-state index contributed by atoms with van der Waals surface area (Å²) in [5, 5.41) is 8.14. The summed E-state index contributed by atoms with van der Waals surface area (Å²) in [7, 11) is 0. The third kappa shape index (κ3) is 4.31. The molecule has 1 aromatic carbocycles. The Morgan fingerprint density at radius 3 is 2.80 bits per heavy atom. The molecule has 0 spiro atoms. The first kappa shape index (κ1) is 16.4. The molecule has 2 N–H and O–H groups in total. The number of hydrogen-bond acceptors (Lipinski definition) is 6. The highest BCUT2D eigenvalue weighted by Gasteiger charge is 2.07. The van der Waals surface area contributed by atoms with Crippen LogP contribution in [0.4, 0.5) is 0 Å². The molecule has 0 atom stereocenters. The Balaban J connectivity index is 1.67. The van der Waals surface area contributed by atoms with Gasteiger partial charge in [0.25, 0.3) is 11.8 Å². The summed E-state index contributed by atoms with van der Waals surface area (Å²) in [5.74, 6) is 0.876. The van der Waals surface area contributed by atoms with Crippen molar-refractivity contribution in [3.8, 4) is 17.1 Å². The maximum absolute atomic E-state index is 10.7. The van der Waals surface area contributed by atoms with E-state index in [-0.39, 0.29) is 6.61 Å². The van der Waals surface area contributed by atoms with E-state index in [0.29, 0.717) is 17.5 Å². The molecule has 0 saturated carbocycles. The predicted molar refractivity (Wildman–Crippen MR) is 91.3 cm³/mol. The van der Waals surface area contributed by atoms with E-state index in [4.69, 9.17) is 15.0 Å². The predicted octanol–water partition coefficient (Wildman–Crippen LogP) is 1.99. The second-order valence-electron chi connectivity index (χ2n) is 5.20. The molecule has 8 nitrogen and oxygen atoms in total. The topological polar surface area (TPSA) is 109 Å². The normalized spacial score (nSPS) is 11.1. The van der Waals surface area contributed by atoms with Gasteiger partial charge >= 0.3 is 0 Å². The molecule has 8 heteroatoms. The van der Waals surface area contributed by atoms with Crippen molar-refractivity contribution in [3.63, 3.8) is 0 Å². The molecule has 2 aromatic heterocycles. The average Bonchev–Trinajstić information content (AvgIpc) is 3.27. The fourth-order valence-electron chi connectivity index (χ4n) is 2.08. The zero-order valence-corrected chi connectivity index (χ0v) is 13.6. The van der Waals surface area contributed by atoms with Crippen LogP contribution in [0, 0.1) is 0 Å². The zero-order chi connectivity index (χ0) is 17.6. The lowest BCUT2D eigenvalue weighted by molar-refractivity contribution is -0.119. The Kier molecular flexibility index (Phi) is 4.89. The number of aromatic nitrogens is 4. The lowest BCUT2D eigenvalue weighted by Gasteiger charge is -2.03. The Morgan fingerprint density at radius 2 is 2.12 bits per heavy atom. The van der Waals surface area contributed by atoms with Gasteiger partial charge in [-0.2, -0.15) is 10.1 Å². The van der Waals surface area contributed by atoms with E-state index in [0.717, 1.165) is 17.7 Å². The second kappa shape index (κ2) is 7.43. The fraction of sp³-hybridized carbons (Fsp3) is 0.176. The minimum Gasteiger partial charge on any atom is -0.484 e. The Labute approximate surface area is 143 Å². The van der Waals surface area contributed by atoms with Gasteiger partial charge in [-0.15, -0.1) is 0 Å². The number of carbonyl (C=O) groups is 1. The number of hydrogen-bond donors (Lipinski definition) is 1. The van der Waals surface area contributed by atoms with Crippen LogP contribution >= 0.6 is 0 Å². The smallest absolute Gasteiger partial charge is 0.255 e. The largest absolute Gasteiger partial charge is 0.484 e. The van der Waals surface area contributed by atoms with Crippen molar-refractivity contribution in [1.29, 1.82) is 0 Å². The van der Waals surface area contributed by atoms with Gasteiger partial charge in [0.1, 0.15) is 5.75 Å². The summed E-state index contributed by atoms with van der Waals surface area (Å²) in [6, 6.07) is 6.98. The van der Waals surface area contributed by atoms with Crippen molar-refractivity contribution in [2.75, 3.05) is 6.61 Å². The van der Waals surface area contributed by atoms with Crippen molar-refractivity contribution in [2.24, 2.45) is 5.73 Å². The van der Waals surface area contributed by atoms with Crippen LogP contribution in [0.5, 0.6) is 5.75 Å². The summed E-state index contributed by atoms with van der Waals surface area (Å²) in [4.78, 5) is 15.0. The number of primary amides is 1. The van der Waals surface area contributed by atoms with E-state index in [1.165, 1.54) is 0 Å². The van der Waals surface area contributed by atoms with Gasteiger partial charge in [-0.3, -0.25) is 9.48 Å². The van der Waals surface area contributed by atoms with Gasteiger partial charge in [0, 0.05) is 29.9 Å². The van der Waals surface area contributed by atoms with Crippen LogP contribution in [0.1, 0.15) is 18.4 Å². The van der Waals surface area contributed by atoms with E-state index in [1.807, 2.05) is 23.9 Å². The Hall–Kier alpha value is -3.42. The highest BCUT2D eigenvalue weighted by atomic mass is 16.5. The first-order valence-electron chi connectivity index (χ1n) is 7.70. The molecular weight excluding hydrogens is 322 g/mol. The minimum atomic E-state index is -0.525. The first-order chi connectivity index (χ1) is 12.1. The molecular formula is C17H17N5O3.